The van der Waals surface area contributed by atoms with Gasteiger partial charge in [0.25, 0.3) is 0 Å². The van der Waals surface area contributed by atoms with Gasteiger partial charge in [-0.15, -0.1) is 22.7 Å². The summed E-state index contributed by atoms with van der Waals surface area (Å²) in [6.45, 7) is 4.16. The van der Waals surface area contributed by atoms with Crippen LogP contribution < -0.4 is 5.32 Å². The largest absolute Gasteiger partial charge is 0.332 e. The fourth-order valence-corrected chi connectivity index (χ4v) is 5.86. The van der Waals surface area contributed by atoms with Crippen LogP contribution in [0.15, 0.2) is 76.6 Å². The van der Waals surface area contributed by atoms with E-state index in [1.54, 1.807) is 23.1 Å². The number of hydrogen-bond acceptors (Lipinski definition) is 6. The minimum absolute atomic E-state index is 0.0475. The van der Waals surface area contributed by atoms with Crippen LogP contribution in [0.1, 0.15) is 17.5 Å². The van der Waals surface area contributed by atoms with Crippen molar-refractivity contribution in [1.82, 2.24) is 15.0 Å². The summed E-state index contributed by atoms with van der Waals surface area (Å²) in [5.41, 5.74) is 7.40. The Hall–Kier alpha value is -3.20. The van der Waals surface area contributed by atoms with Crippen molar-refractivity contribution >= 4 is 45.5 Å². The van der Waals surface area contributed by atoms with Gasteiger partial charge in [0.15, 0.2) is 10.3 Å². The number of amides is 1. The summed E-state index contributed by atoms with van der Waals surface area (Å²) in [6.07, 6.45) is 0.374. The average Bonchev–Trinajstić information content (AvgIpc) is 3.61. The molecule has 0 spiro atoms. The molecule has 0 saturated heterocycles. The lowest BCUT2D eigenvalue weighted by Crippen LogP contribution is -2.11. The molecule has 0 aliphatic heterocycles. The number of anilines is 1. The Morgan fingerprint density at radius 1 is 0.943 bits per heavy atom. The summed E-state index contributed by atoms with van der Waals surface area (Å²) in [6, 6.07) is 20.9. The summed E-state index contributed by atoms with van der Waals surface area (Å²) < 4.78 is 0. The smallest absolute Gasteiger partial charge is 0.226 e. The number of hydrogen-bond donors (Lipinski definition) is 2. The molecule has 35 heavy (non-hydrogen) atoms. The molecule has 1 amide bonds. The van der Waals surface area contributed by atoms with E-state index in [9.17, 15) is 4.79 Å². The molecule has 0 bridgehead atoms. The molecule has 5 nitrogen and oxygen atoms in total. The topological polar surface area (TPSA) is 70.7 Å². The highest BCUT2D eigenvalue weighted by Gasteiger charge is 2.15. The molecule has 0 unspecified atom stereocenters. The maximum absolute atomic E-state index is 12.5. The molecular formula is C27H24N4OS3. The van der Waals surface area contributed by atoms with Crippen LogP contribution in [-0.2, 0) is 4.79 Å². The number of aryl methyl sites for hydroxylation is 2. The van der Waals surface area contributed by atoms with Gasteiger partial charge in [0.1, 0.15) is 0 Å². The highest BCUT2D eigenvalue weighted by atomic mass is 32.2. The summed E-state index contributed by atoms with van der Waals surface area (Å²) in [7, 11) is 0. The zero-order valence-electron chi connectivity index (χ0n) is 19.4. The zero-order chi connectivity index (χ0) is 24.2. The van der Waals surface area contributed by atoms with E-state index in [2.05, 4.69) is 77.7 Å². The second-order valence-electron chi connectivity index (χ2n) is 8.16. The predicted molar refractivity (Wildman–Crippen MR) is 148 cm³/mol. The first-order valence-electron chi connectivity index (χ1n) is 11.2. The lowest BCUT2D eigenvalue weighted by atomic mass is 10.0. The van der Waals surface area contributed by atoms with Crippen LogP contribution in [0, 0.1) is 13.8 Å². The molecule has 0 atom stereocenters. The quantitative estimate of drug-likeness (QED) is 0.208. The molecule has 0 saturated carbocycles. The lowest BCUT2D eigenvalue weighted by molar-refractivity contribution is -0.115. The number of aromatic amines is 1. The summed E-state index contributed by atoms with van der Waals surface area (Å²) in [4.78, 5) is 26.5. The standard InChI is InChI=1S/C27H24N4OS3/c1-17-5-9-19(10-6-17)24-25(20-11-7-18(2)8-12-20)31-27(30-24)34-15-13-23(32)29-26-28-21(16-35-26)22-4-3-14-33-22/h3-12,14,16H,13,15H2,1-2H3,(H,30,31)(H,28,29,32). The number of thioether (sulfide) groups is 1. The molecule has 2 N–H and O–H groups in total. The molecular weight excluding hydrogens is 493 g/mol. The van der Waals surface area contributed by atoms with Gasteiger partial charge in [0, 0.05) is 28.7 Å². The van der Waals surface area contributed by atoms with Crippen molar-refractivity contribution in [3.63, 3.8) is 0 Å². The van der Waals surface area contributed by atoms with E-state index in [1.807, 2.05) is 22.9 Å². The minimum Gasteiger partial charge on any atom is -0.332 e. The van der Waals surface area contributed by atoms with Crippen LogP contribution in [0.25, 0.3) is 33.1 Å². The number of H-pyrrole nitrogens is 1. The third kappa shape index (κ3) is 5.73. The van der Waals surface area contributed by atoms with Gasteiger partial charge >= 0.3 is 0 Å². The number of carbonyl (C=O) groups excluding carboxylic acids is 1. The van der Waals surface area contributed by atoms with Gasteiger partial charge in [-0.1, -0.05) is 77.5 Å². The maximum Gasteiger partial charge on any atom is 0.226 e. The number of thiophene rings is 1. The first-order chi connectivity index (χ1) is 17.0. The van der Waals surface area contributed by atoms with Crippen molar-refractivity contribution in [3.05, 3.63) is 82.6 Å². The lowest BCUT2D eigenvalue weighted by Gasteiger charge is -2.04. The van der Waals surface area contributed by atoms with Gasteiger partial charge in [-0.3, -0.25) is 4.79 Å². The molecule has 3 heterocycles. The van der Waals surface area contributed by atoms with E-state index in [1.165, 1.54) is 22.5 Å². The number of nitrogens with one attached hydrogen (secondary N) is 2. The Morgan fingerprint density at radius 3 is 2.34 bits per heavy atom. The van der Waals surface area contributed by atoms with Crippen LogP contribution in [-0.4, -0.2) is 26.6 Å². The summed E-state index contributed by atoms with van der Waals surface area (Å²) >= 11 is 4.64. The molecule has 8 heteroatoms. The van der Waals surface area contributed by atoms with Crippen LogP contribution in [0.3, 0.4) is 0 Å². The number of aromatic nitrogens is 3. The maximum atomic E-state index is 12.5. The van der Waals surface area contributed by atoms with Crippen molar-refractivity contribution in [1.29, 1.82) is 0 Å². The van der Waals surface area contributed by atoms with E-state index in [0.29, 0.717) is 17.3 Å². The molecule has 2 aromatic carbocycles. The number of thiazole rings is 1. The average molecular weight is 517 g/mol. The number of rotatable bonds is 8. The Labute approximate surface area is 216 Å². The van der Waals surface area contributed by atoms with Gasteiger partial charge < -0.3 is 10.3 Å². The van der Waals surface area contributed by atoms with Gasteiger partial charge in [-0.25, -0.2) is 9.97 Å². The molecule has 0 radical (unpaired) electrons. The zero-order valence-corrected chi connectivity index (χ0v) is 21.8. The fraction of sp³-hybridized carbons (Fsp3) is 0.148. The van der Waals surface area contributed by atoms with Crippen LogP contribution in [0.4, 0.5) is 5.13 Å². The van der Waals surface area contributed by atoms with E-state index in [-0.39, 0.29) is 5.91 Å². The Morgan fingerprint density at radius 2 is 1.66 bits per heavy atom. The number of nitrogens with zero attached hydrogens (tertiary/aromatic N) is 2. The van der Waals surface area contributed by atoms with Crippen molar-refractivity contribution in [2.75, 3.05) is 11.1 Å². The molecule has 0 aliphatic rings. The molecule has 176 valence electrons. The normalized spacial score (nSPS) is 11.0. The number of benzene rings is 2. The van der Waals surface area contributed by atoms with Crippen molar-refractivity contribution in [3.8, 4) is 33.1 Å². The molecule has 3 aromatic heterocycles. The Bertz CT molecular complexity index is 1360. The second-order valence-corrected chi connectivity index (χ2v) is 11.0. The monoisotopic (exact) mass is 516 g/mol. The van der Waals surface area contributed by atoms with E-state index in [4.69, 9.17) is 4.98 Å². The molecule has 0 fully saturated rings. The van der Waals surface area contributed by atoms with Gasteiger partial charge in [0.2, 0.25) is 5.91 Å². The Balaban J connectivity index is 1.26. The number of imidazole rings is 1. The molecule has 5 rings (SSSR count). The third-order valence-electron chi connectivity index (χ3n) is 5.44. The summed E-state index contributed by atoms with van der Waals surface area (Å²) in [5.74, 6) is 0.567. The highest BCUT2D eigenvalue weighted by molar-refractivity contribution is 7.99. The number of carbonyl (C=O) groups is 1. The van der Waals surface area contributed by atoms with Crippen LogP contribution in [0.5, 0.6) is 0 Å². The minimum atomic E-state index is -0.0475. The Kier molecular flexibility index (Phi) is 7.13. The van der Waals surface area contributed by atoms with E-state index in [0.717, 1.165) is 38.2 Å². The van der Waals surface area contributed by atoms with Crippen molar-refractivity contribution in [2.45, 2.75) is 25.4 Å². The van der Waals surface area contributed by atoms with E-state index < -0.39 is 0 Å². The fourth-order valence-electron chi connectivity index (χ4n) is 3.56. The van der Waals surface area contributed by atoms with Crippen molar-refractivity contribution in [2.24, 2.45) is 0 Å². The second kappa shape index (κ2) is 10.6. The molecule has 5 aromatic rings. The third-order valence-corrected chi connectivity index (χ3v) is 7.96. The highest BCUT2D eigenvalue weighted by Crippen LogP contribution is 2.33. The first-order valence-corrected chi connectivity index (χ1v) is 14.0. The van der Waals surface area contributed by atoms with E-state index >= 15 is 0 Å². The SMILES string of the molecule is Cc1ccc(-c2nc(SCCC(=O)Nc3nc(-c4cccs4)cs3)[nH]c2-c2ccc(C)cc2)cc1. The van der Waals surface area contributed by atoms with Crippen LogP contribution in [0.2, 0.25) is 0 Å². The van der Waals surface area contributed by atoms with Gasteiger partial charge in [-0.2, -0.15) is 0 Å². The van der Waals surface area contributed by atoms with Gasteiger partial charge in [-0.05, 0) is 25.3 Å². The van der Waals surface area contributed by atoms with Crippen LogP contribution >= 0.6 is 34.4 Å². The van der Waals surface area contributed by atoms with Crippen molar-refractivity contribution < 1.29 is 4.79 Å². The predicted octanol–water partition coefficient (Wildman–Crippen LogP) is 7.67. The summed E-state index contributed by atoms with van der Waals surface area (Å²) in [5, 5.41) is 8.34. The first kappa shape index (κ1) is 23.5. The van der Waals surface area contributed by atoms with Gasteiger partial charge in [0.05, 0.1) is 22.0 Å². The molecule has 0 aliphatic carbocycles.